The van der Waals surface area contributed by atoms with Crippen LogP contribution in [0.25, 0.3) is 0 Å². The summed E-state index contributed by atoms with van der Waals surface area (Å²) in [5.41, 5.74) is 3.77. The maximum atomic E-state index is 14.2. The molecule has 2 unspecified atom stereocenters. The van der Waals surface area contributed by atoms with Crippen LogP contribution in [0.15, 0.2) is 30.3 Å². The number of carboxylic acids is 1. The Bertz CT molecular complexity index is 1100. The first kappa shape index (κ1) is 27.0. The number of nitrogens with zero attached hydrogens (tertiary/aromatic N) is 2. The fourth-order valence-corrected chi connectivity index (χ4v) is 5.99. The van der Waals surface area contributed by atoms with Gasteiger partial charge in [0.25, 0.3) is 0 Å². The lowest BCUT2D eigenvalue weighted by Gasteiger charge is -2.43. The maximum Gasteiger partial charge on any atom is 0.325 e. The van der Waals surface area contributed by atoms with Crippen molar-refractivity contribution in [1.29, 1.82) is 0 Å². The van der Waals surface area contributed by atoms with Crippen LogP contribution in [-0.2, 0) is 27.1 Å². The van der Waals surface area contributed by atoms with E-state index in [4.69, 9.17) is 14.5 Å². The predicted molar refractivity (Wildman–Crippen MR) is 144 cm³/mol. The number of hydrogen-bond donors (Lipinski definition) is 2. The summed E-state index contributed by atoms with van der Waals surface area (Å²) in [6.45, 7) is 2.38. The lowest BCUT2D eigenvalue weighted by atomic mass is 9.85. The molecule has 1 aromatic heterocycles. The van der Waals surface area contributed by atoms with Gasteiger partial charge in [-0.25, -0.2) is 9.37 Å². The summed E-state index contributed by atoms with van der Waals surface area (Å²) in [5.74, 6) is -0.326. The number of likely N-dealkylation sites (N-methyl/N-ethyl adjacent to an activating group) is 1. The Kier molecular flexibility index (Phi) is 8.92. The second-order valence-corrected chi connectivity index (χ2v) is 11.0. The molecule has 8 heteroatoms. The van der Waals surface area contributed by atoms with Crippen molar-refractivity contribution in [2.45, 2.75) is 88.5 Å². The highest BCUT2D eigenvalue weighted by Gasteiger charge is 2.40. The smallest absolute Gasteiger partial charge is 0.325 e. The predicted octanol–water partition coefficient (Wildman–Crippen LogP) is 5.45. The van der Waals surface area contributed by atoms with E-state index >= 15 is 0 Å². The molecular formula is C30H40FN3O4. The number of pyridine rings is 1. The summed E-state index contributed by atoms with van der Waals surface area (Å²) >= 11 is 0. The Balaban J connectivity index is 1.05. The number of aryl methyl sites for hydroxylation is 2. The number of benzene rings is 1. The summed E-state index contributed by atoms with van der Waals surface area (Å²) in [5, 5.41) is 13.5. The molecule has 2 N–H and O–H groups in total. The van der Waals surface area contributed by atoms with Crippen molar-refractivity contribution in [2.75, 3.05) is 32.1 Å². The number of unbranched alkanes of at least 4 members (excludes halogenated alkanes) is 2. The molecule has 0 spiro atoms. The van der Waals surface area contributed by atoms with Gasteiger partial charge >= 0.3 is 5.97 Å². The standard InChI is InChI=1S/C30H40FN3O4/c1-34(28(30(35)36)26-17-21(31)11-13-25(26)27-9-6-16-38-27)23-18-24(19-23)37-15-4-2-3-8-22-12-10-20-7-5-14-32-29(20)33-22/h10-13,17,23-24,27-28H,2-9,14-16,18-19H2,1H3,(H,32,33)(H,35,36). The monoisotopic (exact) mass is 525 g/mol. The van der Waals surface area contributed by atoms with Gasteiger partial charge in [-0.15, -0.1) is 0 Å². The Labute approximate surface area is 224 Å². The minimum atomic E-state index is -0.967. The fraction of sp³-hybridized carbons (Fsp3) is 0.600. The van der Waals surface area contributed by atoms with E-state index in [1.165, 1.54) is 24.1 Å². The number of ether oxygens (including phenoxy) is 2. The van der Waals surface area contributed by atoms with Gasteiger partial charge in [0.1, 0.15) is 17.7 Å². The van der Waals surface area contributed by atoms with E-state index in [9.17, 15) is 14.3 Å². The van der Waals surface area contributed by atoms with Crippen molar-refractivity contribution in [3.05, 3.63) is 58.5 Å². The average Bonchev–Trinajstić information content (AvgIpc) is 3.41. The third-order valence-corrected chi connectivity index (χ3v) is 8.29. The van der Waals surface area contributed by atoms with Crippen molar-refractivity contribution in [3.63, 3.8) is 0 Å². The number of nitrogens with one attached hydrogen (secondary N) is 1. The van der Waals surface area contributed by atoms with E-state index in [-0.39, 0.29) is 18.2 Å². The number of carboxylic acid groups (broad SMARTS) is 1. The number of halogens is 1. The lowest BCUT2D eigenvalue weighted by Crippen LogP contribution is -2.49. The molecule has 1 aliphatic carbocycles. The molecule has 0 amide bonds. The first-order chi connectivity index (χ1) is 18.5. The van der Waals surface area contributed by atoms with E-state index in [1.54, 1.807) is 6.07 Å². The van der Waals surface area contributed by atoms with Crippen molar-refractivity contribution in [3.8, 4) is 0 Å². The number of carbonyl (C=O) groups is 1. The molecular weight excluding hydrogens is 485 g/mol. The molecule has 7 nitrogen and oxygen atoms in total. The molecule has 0 radical (unpaired) electrons. The van der Waals surface area contributed by atoms with Crippen LogP contribution < -0.4 is 5.32 Å². The Morgan fingerprint density at radius 1 is 1.24 bits per heavy atom. The highest BCUT2D eigenvalue weighted by molar-refractivity contribution is 5.76. The molecule has 0 bridgehead atoms. The van der Waals surface area contributed by atoms with Crippen LogP contribution >= 0.6 is 0 Å². The van der Waals surface area contributed by atoms with Crippen LogP contribution in [0.2, 0.25) is 0 Å². The van der Waals surface area contributed by atoms with Gasteiger partial charge in [0.15, 0.2) is 0 Å². The minimum absolute atomic E-state index is 0.0883. The third-order valence-electron chi connectivity index (χ3n) is 8.29. The Morgan fingerprint density at radius 3 is 2.89 bits per heavy atom. The van der Waals surface area contributed by atoms with Gasteiger partial charge in [-0.3, -0.25) is 9.69 Å². The second-order valence-electron chi connectivity index (χ2n) is 11.0. The largest absolute Gasteiger partial charge is 0.480 e. The van der Waals surface area contributed by atoms with E-state index in [1.807, 2.05) is 11.9 Å². The number of rotatable bonds is 12. The lowest BCUT2D eigenvalue weighted by molar-refractivity contribution is -0.146. The van der Waals surface area contributed by atoms with Crippen LogP contribution in [0.1, 0.15) is 85.9 Å². The SMILES string of the molecule is CN(C1CC(OCCCCCc2ccc3c(n2)NCCC3)C1)C(C(=O)O)c1cc(F)ccc1C1CCCO1. The second kappa shape index (κ2) is 12.5. The Hall–Kier alpha value is -2.55. The molecule has 38 heavy (non-hydrogen) atoms. The quantitative estimate of drug-likeness (QED) is 0.357. The molecule has 3 heterocycles. The first-order valence-corrected chi connectivity index (χ1v) is 14.2. The maximum absolute atomic E-state index is 14.2. The zero-order valence-electron chi connectivity index (χ0n) is 22.3. The van der Waals surface area contributed by atoms with Gasteiger partial charge in [0.2, 0.25) is 0 Å². The van der Waals surface area contributed by atoms with Gasteiger partial charge in [0.05, 0.1) is 12.2 Å². The summed E-state index contributed by atoms with van der Waals surface area (Å²) in [6, 6.07) is 8.00. The van der Waals surface area contributed by atoms with Gasteiger partial charge < -0.3 is 19.9 Å². The fourth-order valence-electron chi connectivity index (χ4n) is 5.99. The van der Waals surface area contributed by atoms with E-state index < -0.39 is 17.8 Å². The number of aliphatic carboxylic acids is 1. The van der Waals surface area contributed by atoms with Gasteiger partial charge in [-0.05, 0) is 99.7 Å². The molecule has 3 aliphatic rings. The average molecular weight is 526 g/mol. The number of fused-ring (bicyclic) bond motifs is 1. The number of anilines is 1. The van der Waals surface area contributed by atoms with Crippen LogP contribution in [0, 0.1) is 5.82 Å². The van der Waals surface area contributed by atoms with Crippen molar-refractivity contribution in [1.82, 2.24) is 9.88 Å². The molecule has 1 aromatic carbocycles. The number of hydrogen-bond acceptors (Lipinski definition) is 6. The highest BCUT2D eigenvalue weighted by atomic mass is 19.1. The molecule has 2 aromatic rings. The molecule has 1 saturated carbocycles. The van der Waals surface area contributed by atoms with Crippen molar-refractivity contribution >= 4 is 11.8 Å². The Morgan fingerprint density at radius 2 is 2.11 bits per heavy atom. The summed E-state index contributed by atoms with van der Waals surface area (Å²) < 4.78 is 26.1. The molecule has 2 atom stereocenters. The summed E-state index contributed by atoms with van der Waals surface area (Å²) in [6.07, 6.45) is 9.78. The topological polar surface area (TPSA) is 83.9 Å². The number of aromatic nitrogens is 1. The van der Waals surface area contributed by atoms with E-state index in [0.717, 1.165) is 88.0 Å². The van der Waals surface area contributed by atoms with E-state index in [2.05, 4.69) is 17.4 Å². The van der Waals surface area contributed by atoms with Crippen LogP contribution in [-0.4, -0.2) is 59.9 Å². The molecule has 2 aliphatic heterocycles. The van der Waals surface area contributed by atoms with Crippen LogP contribution in [0.4, 0.5) is 10.2 Å². The first-order valence-electron chi connectivity index (χ1n) is 14.2. The van der Waals surface area contributed by atoms with Gasteiger partial charge in [-0.2, -0.15) is 0 Å². The van der Waals surface area contributed by atoms with Crippen LogP contribution in [0.3, 0.4) is 0 Å². The van der Waals surface area contributed by atoms with Crippen LogP contribution in [0.5, 0.6) is 0 Å². The van der Waals surface area contributed by atoms with E-state index in [0.29, 0.717) is 12.2 Å². The third kappa shape index (κ3) is 6.35. The molecule has 206 valence electrons. The minimum Gasteiger partial charge on any atom is -0.480 e. The van der Waals surface area contributed by atoms with Crippen molar-refractivity contribution in [2.24, 2.45) is 0 Å². The molecule has 2 fully saturated rings. The molecule has 1 saturated heterocycles. The normalized spacial score (nSPS) is 23.5. The van der Waals surface area contributed by atoms with Crippen molar-refractivity contribution < 1.29 is 23.8 Å². The van der Waals surface area contributed by atoms with Gasteiger partial charge in [0, 0.05) is 31.5 Å². The zero-order chi connectivity index (χ0) is 26.5. The summed E-state index contributed by atoms with van der Waals surface area (Å²) in [7, 11) is 1.83. The summed E-state index contributed by atoms with van der Waals surface area (Å²) in [4.78, 5) is 19.0. The highest BCUT2D eigenvalue weighted by Crippen LogP contribution is 2.39. The molecule has 5 rings (SSSR count). The van der Waals surface area contributed by atoms with Gasteiger partial charge in [-0.1, -0.05) is 18.6 Å². The zero-order valence-corrected chi connectivity index (χ0v) is 22.3.